The Morgan fingerprint density at radius 2 is 1.65 bits per heavy atom. The molecule has 0 saturated carbocycles. The van der Waals surface area contributed by atoms with Gasteiger partial charge in [-0.05, 0) is 25.1 Å². The van der Waals surface area contributed by atoms with E-state index >= 15 is 0 Å². The van der Waals surface area contributed by atoms with Crippen LogP contribution in [0.1, 0.15) is 5.56 Å². The Morgan fingerprint density at radius 1 is 1.12 bits per heavy atom. The van der Waals surface area contributed by atoms with Crippen molar-refractivity contribution >= 4 is 17.9 Å². The maximum atomic E-state index is 12.0. The Balaban J connectivity index is 2.86. The van der Waals surface area contributed by atoms with Gasteiger partial charge < -0.3 is 0 Å². The molecule has 0 aromatic heterocycles. The number of hydrogen-bond donors (Lipinski definition) is 0. The molecule has 0 unspecified atom stereocenters. The summed E-state index contributed by atoms with van der Waals surface area (Å²) < 4.78 is 23.9. The molecular weight excluding hydrogens is 248 g/mol. The molecule has 0 fully saturated rings. The maximum Gasteiger partial charge on any atom is 0.199 e. The molecule has 0 amide bonds. The third kappa shape index (κ3) is 4.87. The molecule has 94 valence electrons. The Kier molecular flexibility index (Phi) is 4.33. The smallest absolute Gasteiger partial charge is 0.199 e. The minimum atomic E-state index is -3.26. The van der Waals surface area contributed by atoms with Crippen LogP contribution in [0.5, 0.6) is 0 Å². The van der Waals surface area contributed by atoms with Crippen LogP contribution in [0.15, 0.2) is 40.6 Å². The van der Waals surface area contributed by atoms with Crippen LogP contribution in [0, 0.1) is 6.92 Å². The Bertz CT molecular complexity index is 493. The monoisotopic (exact) mass is 268 g/mol. The van der Waals surface area contributed by atoms with Crippen LogP contribution >= 0.6 is 0 Å². The third-order valence-electron chi connectivity index (χ3n) is 2.36. The summed E-state index contributed by atoms with van der Waals surface area (Å²) in [5.74, 6) is 0. The standard InChI is InChI=1S/C13H20O2SSi/c1-12-6-8-13(9-7-12)16(14,15)10-5-11-17(2,3)4/h5-10H,11H2,1-4H3/b10-5+. The molecule has 1 rings (SSSR count). The lowest BCUT2D eigenvalue weighted by Gasteiger charge is -2.11. The highest BCUT2D eigenvalue weighted by atomic mass is 32.2. The second-order valence-corrected chi connectivity index (χ2v) is 12.9. The average molecular weight is 268 g/mol. The molecule has 0 saturated heterocycles. The predicted octanol–water partition coefficient (Wildman–Crippen LogP) is 3.62. The Morgan fingerprint density at radius 3 is 2.12 bits per heavy atom. The van der Waals surface area contributed by atoms with E-state index in [-0.39, 0.29) is 0 Å². The van der Waals surface area contributed by atoms with Crippen molar-refractivity contribution in [3.05, 3.63) is 41.3 Å². The lowest BCUT2D eigenvalue weighted by molar-refractivity contribution is 0.604. The molecule has 0 aliphatic heterocycles. The molecule has 17 heavy (non-hydrogen) atoms. The van der Waals surface area contributed by atoms with Crippen molar-refractivity contribution in [1.82, 2.24) is 0 Å². The lowest BCUT2D eigenvalue weighted by atomic mass is 10.2. The van der Waals surface area contributed by atoms with Crippen molar-refractivity contribution in [2.45, 2.75) is 37.5 Å². The van der Waals surface area contributed by atoms with E-state index in [0.717, 1.165) is 11.6 Å². The van der Waals surface area contributed by atoms with Gasteiger partial charge in [0.05, 0.1) is 4.90 Å². The zero-order valence-corrected chi connectivity index (χ0v) is 12.7. The van der Waals surface area contributed by atoms with E-state index < -0.39 is 17.9 Å². The first kappa shape index (κ1) is 14.2. The summed E-state index contributed by atoms with van der Waals surface area (Å²) in [5, 5.41) is 1.34. The summed E-state index contributed by atoms with van der Waals surface area (Å²) in [6.45, 7) is 8.60. The molecule has 0 aliphatic carbocycles. The normalized spacial score (nSPS) is 13.2. The average Bonchev–Trinajstić information content (AvgIpc) is 2.15. The number of allylic oxidation sites excluding steroid dienone is 1. The highest BCUT2D eigenvalue weighted by Gasteiger charge is 2.13. The molecule has 0 bridgehead atoms. The summed E-state index contributed by atoms with van der Waals surface area (Å²) in [4.78, 5) is 0.370. The van der Waals surface area contributed by atoms with Gasteiger partial charge in [-0.1, -0.05) is 43.4 Å². The largest absolute Gasteiger partial charge is 0.219 e. The third-order valence-corrected chi connectivity index (χ3v) is 5.30. The van der Waals surface area contributed by atoms with E-state index in [9.17, 15) is 8.42 Å². The van der Waals surface area contributed by atoms with Crippen LogP contribution in [0.2, 0.25) is 25.7 Å². The molecule has 0 spiro atoms. The van der Waals surface area contributed by atoms with E-state index in [1.165, 1.54) is 5.41 Å². The molecule has 2 nitrogen and oxygen atoms in total. The van der Waals surface area contributed by atoms with Crippen molar-refractivity contribution in [2.75, 3.05) is 0 Å². The fourth-order valence-corrected chi connectivity index (χ4v) is 3.35. The number of sulfone groups is 1. The molecule has 1 aromatic carbocycles. The van der Waals surface area contributed by atoms with E-state index in [1.54, 1.807) is 18.2 Å². The minimum Gasteiger partial charge on any atom is -0.219 e. The second-order valence-electron chi connectivity index (χ2n) is 5.49. The van der Waals surface area contributed by atoms with E-state index in [1.807, 2.05) is 19.1 Å². The van der Waals surface area contributed by atoms with Gasteiger partial charge >= 0.3 is 0 Å². The molecule has 0 radical (unpaired) electrons. The molecule has 0 heterocycles. The predicted molar refractivity (Wildman–Crippen MR) is 75.7 cm³/mol. The van der Waals surface area contributed by atoms with Crippen LogP contribution in [0.3, 0.4) is 0 Å². The zero-order chi connectivity index (χ0) is 13.1. The maximum absolute atomic E-state index is 12.0. The molecule has 1 aromatic rings. The molecule has 4 heteroatoms. The van der Waals surface area contributed by atoms with Crippen LogP contribution in [0.25, 0.3) is 0 Å². The van der Waals surface area contributed by atoms with Crippen molar-refractivity contribution in [3.8, 4) is 0 Å². The van der Waals surface area contributed by atoms with E-state index in [2.05, 4.69) is 19.6 Å². The zero-order valence-electron chi connectivity index (χ0n) is 10.9. The van der Waals surface area contributed by atoms with E-state index in [4.69, 9.17) is 0 Å². The Hall–Kier alpha value is -0.873. The number of benzene rings is 1. The van der Waals surface area contributed by atoms with Gasteiger partial charge in [0, 0.05) is 13.5 Å². The Labute approximate surface area is 105 Å². The number of hydrogen-bond acceptors (Lipinski definition) is 2. The van der Waals surface area contributed by atoms with Gasteiger partial charge in [0.15, 0.2) is 9.84 Å². The molecule has 0 atom stereocenters. The van der Waals surface area contributed by atoms with Crippen molar-refractivity contribution in [3.63, 3.8) is 0 Å². The second kappa shape index (κ2) is 5.19. The van der Waals surface area contributed by atoms with E-state index in [0.29, 0.717) is 4.90 Å². The molecule has 0 N–H and O–H groups in total. The highest BCUT2D eigenvalue weighted by Crippen LogP contribution is 2.15. The number of rotatable bonds is 4. The first-order valence-corrected chi connectivity index (χ1v) is 10.9. The van der Waals surface area contributed by atoms with Gasteiger partial charge in [-0.2, -0.15) is 0 Å². The van der Waals surface area contributed by atoms with Gasteiger partial charge in [-0.3, -0.25) is 0 Å². The quantitative estimate of drug-likeness (QED) is 0.782. The fraction of sp³-hybridized carbons (Fsp3) is 0.385. The highest BCUT2D eigenvalue weighted by molar-refractivity contribution is 7.94. The summed E-state index contributed by atoms with van der Waals surface area (Å²) in [6, 6.07) is 7.84. The minimum absolute atomic E-state index is 0.370. The van der Waals surface area contributed by atoms with Gasteiger partial charge in [0.2, 0.25) is 0 Å². The van der Waals surface area contributed by atoms with Crippen molar-refractivity contribution in [2.24, 2.45) is 0 Å². The topological polar surface area (TPSA) is 34.1 Å². The summed E-state index contributed by atoms with van der Waals surface area (Å²) >= 11 is 0. The van der Waals surface area contributed by atoms with Gasteiger partial charge in [-0.15, -0.1) is 0 Å². The summed E-state index contributed by atoms with van der Waals surface area (Å²) in [5.41, 5.74) is 1.06. The van der Waals surface area contributed by atoms with Crippen LogP contribution in [-0.2, 0) is 9.84 Å². The summed E-state index contributed by atoms with van der Waals surface area (Å²) in [7, 11) is -4.48. The first-order valence-electron chi connectivity index (χ1n) is 5.69. The SMILES string of the molecule is Cc1ccc(S(=O)(=O)/C=C/C[Si](C)(C)C)cc1. The van der Waals surface area contributed by atoms with Crippen LogP contribution in [-0.4, -0.2) is 16.5 Å². The summed E-state index contributed by atoms with van der Waals surface area (Å²) in [6.07, 6.45) is 1.79. The van der Waals surface area contributed by atoms with Crippen molar-refractivity contribution < 1.29 is 8.42 Å². The van der Waals surface area contributed by atoms with Gasteiger partial charge in [-0.25, -0.2) is 8.42 Å². The fourth-order valence-electron chi connectivity index (χ4n) is 1.33. The lowest BCUT2D eigenvalue weighted by Crippen LogP contribution is -2.17. The van der Waals surface area contributed by atoms with Crippen LogP contribution in [0.4, 0.5) is 0 Å². The molecular formula is C13H20O2SSi. The van der Waals surface area contributed by atoms with Gasteiger partial charge in [0.1, 0.15) is 0 Å². The first-order chi connectivity index (χ1) is 7.71. The number of aryl methyl sites for hydroxylation is 1. The van der Waals surface area contributed by atoms with Crippen LogP contribution < -0.4 is 0 Å². The van der Waals surface area contributed by atoms with Gasteiger partial charge in [0.25, 0.3) is 0 Å². The molecule has 0 aliphatic rings. The van der Waals surface area contributed by atoms with Crippen molar-refractivity contribution in [1.29, 1.82) is 0 Å².